The lowest BCUT2D eigenvalue weighted by molar-refractivity contribution is 0.404. The molecule has 0 atom stereocenters. The second-order valence-electron chi connectivity index (χ2n) is 6.76. The van der Waals surface area contributed by atoms with Gasteiger partial charge >= 0.3 is 0 Å². The van der Waals surface area contributed by atoms with E-state index in [4.69, 9.17) is 9.47 Å². The Balaban J connectivity index is 1.84. The van der Waals surface area contributed by atoms with Gasteiger partial charge in [0, 0.05) is 35.8 Å². The van der Waals surface area contributed by atoms with Crippen molar-refractivity contribution in [3.63, 3.8) is 0 Å². The summed E-state index contributed by atoms with van der Waals surface area (Å²) in [6, 6.07) is 18.0. The lowest BCUT2D eigenvalue weighted by Crippen LogP contribution is -2.18. The average molecular weight is 436 g/mol. The predicted octanol–water partition coefficient (Wildman–Crippen LogP) is 5.24. The Bertz CT molecular complexity index is 1240. The molecular weight excluding hydrogens is 413 g/mol. The Kier molecular flexibility index (Phi) is 6.43. The fraction of sp³-hybridized carbons (Fsp3) is 0.167. The summed E-state index contributed by atoms with van der Waals surface area (Å²) in [5, 5.41) is 2.01. The molecule has 5 nitrogen and oxygen atoms in total. The van der Waals surface area contributed by atoms with Gasteiger partial charge < -0.3 is 14.0 Å². The number of aryl methyl sites for hydroxylation is 1. The molecule has 0 unspecified atom stereocenters. The van der Waals surface area contributed by atoms with Gasteiger partial charge in [-0.25, -0.2) is 9.38 Å². The Morgan fingerprint density at radius 3 is 2.61 bits per heavy atom. The van der Waals surface area contributed by atoms with Crippen molar-refractivity contribution in [2.24, 2.45) is 4.99 Å². The zero-order chi connectivity index (χ0) is 21.6. The van der Waals surface area contributed by atoms with Crippen LogP contribution < -0.4 is 14.3 Å². The molecule has 0 spiro atoms. The number of ether oxygens (including phenoxy) is 2. The van der Waals surface area contributed by atoms with E-state index in [1.54, 1.807) is 38.6 Å². The maximum absolute atomic E-state index is 14.3. The normalized spacial score (nSPS) is 11.5. The highest BCUT2D eigenvalue weighted by Gasteiger charge is 2.15. The third-order valence-corrected chi connectivity index (χ3v) is 5.73. The van der Waals surface area contributed by atoms with Gasteiger partial charge in [-0.3, -0.25) is 4.98 Å². The zero-order valence-corrected chi connectivity index (χ0v) is 18.1. The minimum Gasteiger partial charge on any atom is -0.497 e. The van der Waals surface area contributed by atoms with Crippen LogP contribution in [0.15, 0.2) is 77.2 Å². The van der Waals surface area contributed by atoms with Crippen molar-refractivity contribution in [1.29, 1.82) is 0 Å². The van der Waals surface area contributed by atoms with Crippen LogP contribution in [0.2, 0.25) is 0 Å². The van der Waals surface area contributed by atoms with E-state index < -0.39 is 0 Å². The number of para-hydroxylation sites is 1. The summed E-state index contributed by atoms with van der Waals surface area (Å²) in [4.78, 5) is 9.73. The third kappa shape index (κ3) is 4.67. The van der Waals surface area contributed by atoms with Gasteiger partial charge in [0.2, 0.25) is 0 Å². The average Bonchev–Trinajstić information content (AvgIpc) is 3.21. The number of halogens is 1. The van der Waals surface area contributed by atoms with E-state index in [0.29, 0.717) is 23.5 Å². The minimum absolute atomic E-state index is 0.306. The first-order chi connectivity index (χ1) is 15.2. The fourth-order valence-electron chi connectivity index (χ4n) is 3.28. The van der Waals surface area contributed by atoms with Crippen LogP contribution in [0, 0.1) is 5.82 Å². The van der Waals surface area contributed by atoms with Gasteiger partial charge in [0.25, 0.3) is 0 Å². The molecule has 0 N–H and O–H groups in total. The zero-order valence-electron chi connectivity index (χ0n) is 17.3. The first kappa shape index (κ1) is 20.8. The molecule has 158 valence electrons. The lowest BCUT2D eigenvalue weighted by Gasteiger charge is -2.13. The first-order valence-electron chi connectivity index (χ1n) is 9.79. The quantitative estimate of drug-likeness (QED) is 0.399. The number of nitrogens with zero attached hydrogens (tertiary/aromatic N) is 3. The summed E-state index contributed by atoms with van der Waals surface area (Å²) in [6.07, 6.45) is 2.49. The van der Waals surface area contributed by atoms with Gasteiger partial charge in [-0.2, -0.15) is 0 Å². The topological polar surface area (TPSA) is 48.6 Å². The number of thiazole rings is 1. The van der Waals surface area contributed by atoms with Crippen molar-refractivity contribution in [2.75, 3.05) is 14.2 Å². The van der Waals surface area contributed by atoms with E-state index in [0.717, 1.165) is 28.5 Å². The Hall–Kier alpha value is -3.45. The van der Waals surface area contributed by atoms with E-state index >= 15 is 0 Å². The van der Waals surface area contributed by atoms with Crippen molar-refractivity contribution in [3.05, 3.63) is 88.6 Å². The molecule has 0 saturated carbocycles. The van der Waals surface area contributed by atoms with Gasteiger partial charge in [-0.15, -0.1) is 11.3 Å². The van der Waals surface area contributed by atoms with Gasteiger partial charge in [-0.05, 0) is 42.5 Å². The van der Waals surface area contributed by atoms with Crippen molar-refractivity contribution >= 4 is 17.0 Å². The number of benzene rings is 2. The molecule has 7 heteroatoms. The maximum atomic E-state index is 14.3. The highest BCUT2D eigenvalue weighted by atomic mass is 32.1. The lowest BCUT2D eigenvalue weighted by atomic mass is 10.1. The van der Waals surface area contributed by atoms with Crippen LogP contribution in [-0.4, -0.2) is 23.8 Å². The van der Waals surface area contributed by atoms with E-state index in [2.05, 4.69) is 14.5 Å². The minimum atomic E-state index is -0.354. The van der Waals surface area contributed by atoms with E-state index in [1.165, 1.54) is 17.4 Å². The molecule has 4 aromatic rings. The highest BCUT2D eigenvalue weighted by Crippen LogP contribution is 2.34. The standard InChI is InChI=1S/C24H22FN3O2S/c1-29-18-10-11-23(30-2)19(15-18)22-16-31-24(27-21-9-4-3-8-20(21)25)28(22)14-12-17-7-5-6-13-26-17/h3-11,13,15-16H,12,14H2,1-2H3. The SMILES string of the molecule is COc1ccc(OC)c(-c2csc(=Nc3ccccc3F)n2CCc2ccccn2)c1. The van der Waals surface area contributed by atoms with Crippen LogP contribution in [0.5, 0.6) is 11.5 Å². The van der Waals surface area contributed by atoms with Crippen LogP contribution in [0.3, 0.4) is 0 Å². The predicted molar refractivity (Wildman–Crippen MR) is 120 cm³/mol. The van der Waals surface area contributed by atoms with E-state index in [9.17, 15) is 4.39 Å². The third-order valence-electron chi connectivity index (χ3n) is 4.87. The number of aromatic nitrogens is 2. The van der Waals surface area contributed by atoms with Crippen molar-refractivity contribution < 1.29 is 13.9 Å². The molecule has 31 heavy (non-hydrogen) atoms. The molecule has 2 aromatic heterocycles. The largest absolute Gasteiger partial charge is 0.497 e. The number of pyridine rings is 1. The van der Waals surface area contributed by atoms with E-state index in [1.807, 2.05) is 41.8 Å². The van der Waals surface area contributed by atoms with Gasteiger partial charge in [0.05, 0.1) is 19.9 Å². The highest BCUT2D eigenvalue weighted by molar-refractivity contribution is 7.07. The molecule has 2 aromatic carbocycles. The first-order valence-corrected chi connectivity index (χ1v) is 10.7. The summed E-state index contributed by atoms with van der Waals surface area (Å²) in [6.45, 7) is 0.628. The molecule has 0 saturated heterocycles. The molecule has 2 heterocycles. The second-order valence-corrected chi connectivity index (χ2v) is 7.59. The summed E-state index contributed by atoms with van der Waals surface area (Å²) in [5.41, 5.74) is 3.09. The van der Waals surface area contributed by atoms with Crippen LogP contribution >= 0.6 is 11.3 Å². The van der Waals surface area contributed by atoms with Crippen LogP contribution in [0.1, 0.15) is 5.69 Å². The molecule has 0 bridgehead atoms. The summed E-state index contributed by atoms with van der Waals surface area (Å²) < 4.78 is 27.3. The second kappa shape index (κ2) is 9.57. The molecule has 0 aliphatic carbocycles. The molecule has 0 radical (unpaired) electrons. The fourth-order valence-corrected chi connectivity index (χ4v) is 4.22. The maximum Gasteiger partial charge on any atom is 0.190 e. The van der Waals surface area contributed by atoms with E-state index in [-0.39, 0.29) is 5.82 Å². The molecule has 0 amide bonds. The molecule has 0 fully saturated rings. The Morgan fingerprint density at radius 1 is 1.03 bits per heavy atom. The molecule has 4 rings (SSSR count). The molecule has 0 aliphatic heterocycles. The molecular formula is C24H22FN3O2S. The number of hydrogen-bond donors (Lipinski definition) is 0. The Morgan fingerprint density at radius 2 is 1.87 bits per heavy atom. The van der Waals surface area contributed by atoms with Crippen molar-refractivity contribution in [1.82, 2.24) is 9.55 Å². The monoisotopic (exact) mass is 435 g/mol. The summed E-state index contributed by atoms with van der Waals surface area (Å²) in [5.74, 6) is 1.10. The molecule has 0 aliphatic rings. The number of methoxy groups -OCH3 is 2. The van der Waals surface area contributed by atoms with Crippen molar-refractivity contribution in [3.8, 4) is 22.8 Å². The van der Waals surface area contributed by atoms with Crippen LogP contribution in [0.4, 0.5) is 10.1 Å². The summed E-state index contributed by atoms with van der Waals surface area (Å²) in [7, 11) is 3.27. The van der Waals surface area contributed by atoms with Crippen LogP contribution in [-0.2, 0) is 13.0 Å². The van der Waals surface area contributed by atoms with Crippen molar-refractivity contribution in [2.45, 2.75) is 13.0 Å². The van der Waals surface area contributed by atoms with Gasteiger partial charge in [-0.1, -0.05) is 18.2 Å². The summed E-state index contributed by atoms with van der Waals surface area (Å²) >= 11 is 1.46. The number of hydrogen-bond acceptors (Lipinski definition) is 5. The van der Waals surface area contributed by atoms with Gasteiger partial charge in [0.15, 0.2) is 4.80 Å². The smallest absolute Gasteiger partial charge is 0.190 e. The Labute approximate surface area is 184 Å². The van der Waals surface area contributed by atoms with Crippen LogP contribution in [0.25, 0.3) is 11.3 Å². The number of rotatable bonds is 7. The van der Waals surface area contributed by atoms with Gasteiger partial charge in [0.1, 0.15) is 23.0 Å².